The Morgan fingerprint density at radius 2 is 1.73 bits per heavy atom. The Kier molecular flexibility index (Phi) is 5.72. The second-order valence-corrected chi connectivity index (χ2v) is 1.91. The van der Waals surface area contributed by atoms with Crippen molar-refractivity contribution in [3.63, 3.8) is 0 Å². The molecule has 54 valence electrons. The summed E-state index contributed by atoms with van der Waals surface area (Å²) < 4.78 is 0. The molecule has 0 spiro atoms. The molecule has 0 aliphatic rings. The molecule has 0 unspecified atom stereocenters. The van der Waals surface area contributed by atoms with Crippen LogP contribution in [0, 0.1) is 0 Å². The fraction of sp³-hybridized carbons (Fsp3) is 0. The van der Waals surface area contributed by atoms with Gasteiger partial charge in [0.2, 0.25) is 0 Å². The number of benzene rings is 1. The van der Waals surface area contributed by atoms with Crippen molar-refractivity contribution in [2.45, 2.75) is 0 Å². The van der Waals surface area contributed by atoms with Gasteiger partial charge in [0.1, 0.15) is 6.29 Å². The maximum atomic E-state index is 9.89. The predicted molar refractivity (Wildman–Crippen MR) is 41.5 cm³/mol. The monoisotopic (exact) mass is 180 g/mol. The standard InChI is InChI=1S/C9H8O.Ti/c10-8-4-7-9-5-2-1-3-6-9;/h1-8H;. The number of carbonyl (C=O) groups excluding carboxylic acids is 1. The van der Waals surface area contributed by atoms with Gasteiger partial charge in [-0.3, -0.25) is 4.79 Å². The minimum Gasteiger partial charge on any atom is -0.299 e. The molecule has 1 nitrogen and oxygen atoms in total. The number of aldehydes is 1. The molecule has 2 heteroatoms. The first-order valence-corrected chi connectivity index (χ1v) is 3.10. The second-order valence-electron chi connectivity index (χ2n) is 1.91. The molecule has 11 heavy (non-hydrogen) atoms. The van der Waals surface area contributed by atoms with E-state index in [4.69, 9.17) is 0 Å². The Hall–Kier alpha value is -0.656. The molecule has 0 saturated carbocycles. The van der Waals surface area contributed by atoms with Gasteiger partial charge in [0, 0.05) is 21.7 Å². The van der Waals surface area contributed by atoms with Gasteiger partial charge in [-0.2, -0.15) is 0 Å². The molecule has 0 atom stereocenters. The zero-order chi connectivity index (χ0) is 7.23. The van der Waals surface area contributed by atoms with Crippen LogP contribution >= 0.6 is 0 Å². The fourth-order valence-electron chi connectivity index (χ4n) is 0.715. The summed E-state index contributed by atoms with van der Waals surface area (Å²) in [5.74, 6) is 0. The molecule has 0 amide bonds. The maximum absolute atomic E-state index is 9.89. The van der Waals surface area contributed by atoms with Crippen LogP contribution in [0.5, 0.6) is 0 Å². The van der Waals surface area contributed by atoms with E-state index in [1.807, 2.05) is 30.3 Å². The molecule has 0 fully saturated rings. The van der Waals surface area contributed by atoms with Crippen molar-refractivity contribution in [3.8, 4) is 0 Å². The van der Waals surface area contributed by atoms with E-state index in [9.17, 15) is 4.79 Å². The van der Waals surface area contributed by atoms with E-state index in [2.05, 4.69) is 0 Å². The van der Waals surface area contributed by atoms with Crippen LogP contribution in [0.2, 0.25) is 0 Å². The van der Waals surface area contributed by atoms with Crippen molar-refractivity contribution in [1.29, 1.82) is 0 Å². The molecular formula is C9H8OTi. The Labute approximate surface area is 81.0 Å². The van der Waals surface area contributed by atoms with Crippen LogP contribution in [-0.2, 0) is 26.5 Å². The predicted octanol–water partition coefficient (Wildman–Crippen LogP) is 1.90. The van der Waals surface area contributed by atoms with Crippen molar-refractivity contribution < 1.29 is 26.5 Å². The Balaban J connectivity index is 0.000001000. The number of carbonyl (C=O) groups is 1. The smallest absolute Gasteiger partial charge is 0.142 e. The molecule has 0 N–H and O–H groups in total. The summed E-state index contributed by atoms with van der Waals surface area (Å²) in [7, 11) is 0. The number of rotatable bonds is 2. The summed E-state index contributed by atoms with van der Waals surface area (Å²) in [6.45, 7) is 0. The quantitative estimate of drug-likeness (QED) is 0.386. The number of hydrogen-bond donors (Lipinski definition) is 0. The summed E-state index contributed by atoms with van der Waals surface area (Å²) in [4.78, 5) is 9.89. The van der Waals surface area contributed by atoms with Crippen molar-refractivity contribution in [1.82, 2.24) is 0 Å². The molecule has 0 aliphatic heterocycles. The van der Waals surface area contributed by atoms with E-state index in [1.54, 1.807) is 6.08 Å². The first-order valence-electron chi connectivity index (χ1n) is 3.10. The SMILES string of the molecule is O=CC=Cc1ccccc1.[Ti]. The normalized spacial score (nSPS) is 9.09. The van der Waals surface area contributed by atoms with Crippen LogP contribution in [0.4, 0.5) is 0 Å². The molecule has 0 radical (unpaired) electrons. The molecule has 0 heterocycles. The topological polar surface area (TPSA) is 17.1 Å². The van der Waals surface area contributed by atoms with E-state index in [-0.39, 0.29) is 21.7 Å². The Bertz CT molecular complexity index is 229. The van der Waals surface area contributed by atoms with Crippen LogP contribution in [-0.4, -0.2) is 6.29 Å². The third-order valence-electron chi connectivity index (χ3n) is 1.17. The van der Waals surface area contributed by atoms with Crippen LogP contribution in [0.25, 0.3) is 6.08 Å². The Morgan fingerprint density at radius 1 is 1.09 bits per heavy atom. The Morgan fingerprint density at radius 3 is 2.27 bits per heavy atom. The summed E-state index contributed by atoms with van der Waals surface area (Å²) >= 11 is 0. The molecule has 1 rings (SSSR count). The average molecular weight is 180 g/mol. The van der Waals surface area contributed by atoms with E-state index >= 15 is 0 Å². The van der Waals surface area contributed by atoms with Crippen LogP contribution in [0.3, 0.4) is 0 Å². The van der Waals surface area contributed by atoms with Crippen molar-refractivity contribution in [3.05, 3.63) is 42.0 Å². The van der Waals surface area contributed by atoms with Gasteiger partial charge in [-0.1, -0.05) is 36.4 Å². The minimum atomic E-state index is 0. The molecule has 0 saturated heterocycles. The first-order chi connectivity index (χ1) is 4.93. The van der Waals surface area contributed by atoms with Crippen molar-refractivity contribution >= 4 is 12.4 Å². The van der Waals surface area contributed by atoms with Crippen LogP contribution < -0.4 is 0 Å². The zero-order valence-electron chi connectivity index (χ0n) is 6.03. The van der Waals surface area contributed by atoms with Gasteiger partial charge in [0.15, 0.2) is 0 Å². The van der Waals surface area contributed by atoms with Gasteiger partial charge in [-0.05, 0) is 11.6 Å². The summed E-state index contributed by atoms with van der Waals surface area (Å²) in [6, 6.07) is 9.70. The summed E-state index contributed by atoms with van der Waals surface area (Å²) in [5.41, 5.74) is 1.05. The largest absolute Gasteiger partial charge is 0.299 e. The van der Waals surface area contributed by atoms with Crippen LogP contribution in [0.15, 0.2) is 36.4 Å². The minimum absolute atomic E-state index is 0. The third kappa shape index (κ3) is 3.92. The van der Waals surface area contributed by atoms with Gasteiger partial charge in [0.05, 0.1) is 0 Å². The van der Waals surface area contributed by atoms with E-state index in [0.29, 0.717) is 0 Å². The second kappa shape index (κ2) is 6.08. The van der Waals surface area contributed by atoms with Crippen molar-refractivity contribution in [2.24, 2.45) is 0 Å². The first kappa shape index (κ1) is 10.3. The van der Waals surface area contributed by atoms with Crippen LogP contribution in [0.1, 0.15) is 5.56 Å². The third-order valence-corrected chi connectivity index (χ3v) is 1.17. The van der Waals surface area contributed by atoms with Gasteiger partial charge in [-0.15, -0.1) is 0 Å². The number of hydrogen-bond acceptors (Lipinski definition) is 1. The van der Waals surface area contributed by atoms with Gasteiger partial charge in [0.25, 0.3) is 0 Å². The summed E-state index contributed by atoms with van der Waals surface area (Å²) in [5, 5.41) is 0. The molecule has 0 bridgehead atoms. The fourth-order valence-corrected chi connectivity index (χ4v) is 0.715. The zero-order valence-corrected chi connectivity index (χ0v) is 7.59. The van der Waals surface area contributed by atoms with E-state index < -0.39 is 0 Å². The molecule has 1 aromatic carbocycles. The van der Waals surface area contributed by atoms with Gasteiger partial charge < -0.3 is 0 Å². The van der Waals surface area contributed by atoms with Gasteiger partial charge in [-0.25, -0.2) is 0 Å². The molecule has 0 aliphatic carbocycles. The van der Waals surface area contributed by atoms with Crippen molar-refractivity contribution in [2.75, 3.05) is 0 Å². The maximum Gasteiger partial charge on any atom is 0.142 e. The molecule has 1 aromatic rings. The number of allylic oxidation sites excluding steroid dienone is 1. The molecule has 0 aromatic heterocycles. The van der Waals surface area contributed by atoms with E-state index in [1.165, 1.54) is 6.08 Å². The summed E-state index contributed by atoms with van der Waals surface area (Å²) in [6.07, 6.45) is 4.02. The van der Waals surface area contributed by atoms with E-state index in [0.717, 1.165) is 11.8 Å². The molecular weight excluding hydrogens is 172 g/mol. The van der Waals surface area contributed by atoms with Gasteiger partial charge >= 0.3 is 0 Å². The average Bonchev–Trinajstić information content (AvgIpc) is 2.03.